The van der Waals surface area contributed by atoms with Gasteiger partial charge in [-0.3, -0.25) is 4.98 Å². The number of hydrogen-bond acceptors (Lipinski definition) is 2. The molecule has 1 heterocycles. The first-order valence-electron chi connectivity index (χ1n) is 3.20. The largest absolute Gasteiger partial charge is 0.386 e. The molecule has 1 rings (SSSR count). The Labute approximate surface area is 92.2 Å². The lowest BCUT2D eigenvalue weighted by molar-refractivity contribution is 0.200. The molecule has 0 aromatic carbocycles. The second-order valence-electron chi connectivity index (χ2n) is 2.19. The number of halogens is 3. The highest BCUT2D eigenvalue weighted by molar-refractivity contribution is 9.10. The lowest BCUT2D eigenvalue weighted by atomic mass is 10.2. The highest BCUT2D eigenvalue weighted by atomic mass is 79.9. The van der Waals surface area contributed by atoms with Gasteiger partial charge >= 0.3 is 0 Å². The summed E-state index contributed by atoms with van der Waals surface area (Å²) >= 11 is 12.2. The van der Waals surface area contributed by atoms with Crippen molar-refractivity contribution in [1.82, 2.24) is 4.98 Å². The zero-order valence-electron chi connectivity index (χ0n) is 5.97. The van der Waals surface area contributed by atoms with Crippen LogP contribution in [0.3, 0.4) is 0 Å². The van der Waals surface area contributed by atoms with Gasteiger partial charge in [0.1, 0.15) is 6.10 Å². The summed E-state index contributed by atoms with van der Waals surface area (Å²) in [5, 5.41) is 10.3. The highest BCUT2D eigenvalue weighted by Gasteiger charge is 2.11. The zero-order valence-corrected chi connectivity index (χ0v) is 9.90. The summed E-state index contributed by atoms with van der Waals surface area (Å²) in [6.45, 7) is 0. The summed E-state index contributed by atoms with van der Waals surface area (Å²) in [5.74, 6) is 0. The van der Waals surface area contributed by atoms with Gasteiger partial charge in [0, 0.05) is 16.0 Å². The molecular weight excluding hydrogens is 309 g/mol. The van der Waals surface area contributed by atoms with Gasteiger partial charge in [0.25, 0.3) is 0 Å². The molecule has 0 aliphatic carbocycles. The third-order valence-corrected chi connectivity index (χ3v) is 2.65. The van der Waals surface area contributed by atoms with Gasteiger partial charge in [-0.15, -0.1) is 0 Å². The van der Waals surface area contributed by atoms with E-state index < -0.39 is 6.10 Å². The van der Waals surface area contributed by atoms with Gasteiger partial charge in [0.05, 0.1) is 10.7 Å². The monoisotopic (exact) mass is 313 g/mol. The van der Waals surface area contributed by atoms with Crippen molar-refractivity contribution in [3.05, 3.63) is 27.5 Å². The van der Waals surface area contributed by atoms with E-state index in [1.165, 1.54) is 0 Å². The average molecular weight is 315 g/mol. The Bertz CT molecular complexity index is 282. The lowest BCUT2D eigenvalue weighted by Crippen LogP contribution is -2.01. The SMILES string of the molecule is OC(CBr)c1ncc(Br)cc1Cl. The van der Waals surface area contributed by atoms with Crippen molar-refractivity contribution in [2.45, 2.75) is 6.10 Å². The van der Waals surface area contributed by atoms with Crippen LogP contribution in [0, 0.1) is 0 Å². The minimum absolute atomic E-state index is 0.432. The third kappa shape index (κ3) is 2.42. The van der Waals surface area contributed by atoms with E-state index in [0.717, 1.165) is 4.47 Å². The van der Waals surface area contributed by atoms with E-state index in [9.17, 15) is 5.11 Å². The predicted molar refractivity (Wildman–Crippen MR) is 55.7 cm³/mol. The molecular formula is C7H6Br2ClNO. The Balaban J connectivity index is 3.01. The standard InChI is InChI=1S/C7H6Br2ClNO/c8-2-6(12)7-5(10)1-4(9)3-11-7/h1,3,6,12H,2H2. The number of pyridine rings is 1. The Kier molecular flexibility index (Phi) is 3.96. The van der Waals surface area contributed by atoms with Crippen LogP contribution < -0.4 is 0 Å². The number of alkyl halides is 1. The van der Waals surface area contributed by atoms with Crippen molar-refractivity contribution in [3.8, 4) is 0 Å². The maximum atomic E-state index is 9.39. The van der Waals surface area contributed by atoms with E-state index in [1.54, 1.807) is 12.3 Å². The minimum Gasteiger partial charge on any atom is -0.386 e. The van der Waals surface area contributed by atoms with Crippen LogP contribution in [0.2, 0.25) is 5.02 Å². The minimum atomic E-state index is -0.648. The molecule has 12 heavy (non-hydrogen) atoms. The van der Waals surface area contributed by atoms with Gasteiger partial charge < -0.3 is 5.11 Å². The molecule has 1 aromatic heterocycles. The quantitative estimate of drug-likeness (QED) is 0.851. The first-order chi connectivity index (χ1) is 5.65. The van der Waals surface area contributed by atoms with E-state index in [-0.39, 0.29) is 0 Å². The number of rotatable bonds is 2. The number of aliphatic hydroxyl groups is 1. The van der Waals surface area contributed by atoms with E-state index in [0.29, 0.717) is 16.0 Å². The van der Waals surface area contributed by atoms with E-state index in [4.69, 9.17) is 11.6 Å². The molecule has 0 amide bonds. The normalized spacial score (nSPS) is 13.0. The average Bonchev–Trinajstić information content (AvgIpc) is 2.03. The molecule has 0 aliphatic heterocycles. The van der Waals surface area contributed by atoms with Crippen LogP contribution in [0.5, 0.6) is 0 Å². The molecule has 66 valence electrons. The van der Waals surface area contributed by atoms with Gasteiger partial charge in [-0.1, -0.05) is 27.5 Å². The molecule has 0 fully saturated rings. The summed E-state index contributed by atoms with van der Waals surface area (Å²) in [6, 6.07) is 1.70. The van der Waals surface area contributed by atoms with Crippen molar-refractivity contribution >= 4 is 43.5 Å². The Morgan fingerprint density at radius 2 is 2.33 bits per heavy atom. The number of aliphatic hydroxyl groups excluding tert-OH is 1. The smallest absolute Gasteiger partial charge is 0.107 e. The molecule has 0 radical (unpaired) electrons. The van der Waals surface area contributed by atoms with Crippen LogP contribution in [0.4, 0.5) is 0 Å². The van der Waals surface area contributed by atoms with Crippen molar-refractivity contribution in [2.75, 3.05) is 5.33 Å². The second kappa shape index (κ2) is 4.56. The fraction of sp³-hybridized carbons (Fsp3) is 0.286. The van der Waals surface area contributed by atoms with Crippen LogP contribution in [0.25, 0.3) is 0 Å². The predicted octanol–water partition coefficient (Wildman–Crippen LogP) is 2.93. The van der Waals surface area contributed by atoms with Crippen molar-refractivity contribution < 1.29 is 5.11 Å². The maximum Gasteiger partial charge on any atom is 0.107 e. The fourth-order valence-electron chi connectivity index (χ4n) is 0.743. The summed E-state index contributed by atoms with van der Waals surface area (Å²) in [7, 11) is 0. The lowest BCUT2D eigenvalue weighted by Gasteiger charge is -2.07. The first-order valence-corrected chi connectivity index (χ1v) is 5.49. The Hall–Kier alpha value is 0.360. The maximum absolute atomic E-state index is 9.39. The van der Waals surface area contributed by atoms with Crippen LogP contribution >= 0.6 is 43.5 Å². The summed E-state index contributed by atoms with van der Waals surface area (Å²) in [5.41, 5.74) is 0.497. The summed E-state index contributed by atoms with van der Waals surface area (Å²) in [4.78, 5) is 3.99. The van der Waals surface area contributed by atoms with Crippen LogP contribution in [0.1, 0.15) is 11.8 Å². The first kappa shape index (κ1) is 10.4. The molecule has 5 heteroatoms. The molecule has 0 saturated carbocycles. The molecule has 0 spiro atoms. The molecule has 0 saturated heterocycles. The number of aromatic nitrogens is 1. The van der Waals surface area contributed by atoms with Gasteiger partial charge in [0.15, 0.2) is 0 Å². The molecule has 1 N–H and O–H groups in total. The van der Waals surface area contributed by atoms with Crippen LogP contribution in [0.15, 0.2) is 16.7 Å². The third-order valence-electron chi connectivity index (χ3n) is 1.30. The molecule has 1 unspecified atom stereocenters. The van der Waals surface area contributed by atoms with Crippen LogP contribution in [-0.4, -0.2) is 15.4 Å². The zero-order chi connectivity index (χ0) is 9.14. The molecule has 0 bridgehead atoms. The van der Waals surface area contributed by atoms with Crippen molar-refractivity contribution in [2.24, 2.45) is 0 Å². The van der Waals surface area contributed by atoms with Crippen molar-refractivity contribution in [1.29, 1.82) is 0 Å². The molecule has 1 atom stereocenters. The fourth-order valence-corrected chi connectivity index (χ4v) is 1.81. The van der Waals surface area contributed by atoms with E-state index in [1.807, 2.05) is 0 Å². The van der Waals surface area contributed by atoms with Crippen LogP contribution in [-0.2, 0) is 0 Å². The van der Waals surface area contributed by atoms with E-state index in [2.05, 4.69) is 36.8 Å². The van der Waals surface area contributed by atoms with Gasteiger partial charge in [-0.25, -0.2) is 0 Å². The molecule has 1 aromatic rings. The summed E-state index contributed by atoms with van der Waals surface area (Å²) in [6.07, 6.45) is 0.957. The summed E-state index contributed by atoms with van der Waals surface area (Å²) < 4.78 is 0.804. The Morgan fingerprint density at radius 3 is 2.83 bits per heavy atom. The van der Waals surface area contributed by atoms with Gasteiger partial charge in [0.2, 0.25) is 0 Å². The van der Waals surface area contributed by atoms with Gasteiger partial charge in [-0.2, -0.15) is 0 Å². The second-order valence-corrected chi connectivity index (χ2v) is 4.16. The molecule has 2 nitrogen and oxygen atoms in total. The van der Waals surface area contributed by atoms with Crippen molar-refractivity contribution in [3.63, 3.8) is 0 Å². The highest BCUT2D eigenvalue weighted by Crippen LogP contribution is 2.24. The van der Waals surface area contributed by atoms with Gasteiger partial charge in [-0.05, 0) is 22.0 Å². The topological polar surface area (TPSA) is 33.1 Å². The van der Waals surface area contributed by atoms with E-state index >= 15 is 0 Å². The molecule has 0 aliphatic rings. The number of hydrogen-bond donors (Lipinski definition) is 1. The number of nitrogens with zero attached hydrogens (tertiary/aromatic N) is 1. The Morgan fingerprint density at radius 1 is 1.67 bits per heavy atom.